The normalized spacial score (nSPS) is 15.3. The summed E-state index contributed by atoms with van der Waals surface area (Å²) in [4.78, 5) is 16.2. The molecule has 0 unspecified atom stereocenters. The van der Waals surface area contributed by atoms with E-state index in [9.17, 15) is 26.0 Å². The van der Waals surface area contributed by atoms with Crippen LogP contribution in [0.3, 0.4) is 0 Å². The van der Waals surface area contributed by atoms with Crippen molar-refractivity contribution in [2.24, 2.45) is 0 Å². The molecule has 1 fully saturated rings. The zero-order valence-corrected chi connectivity index (χ0v) is 37.3. The smallest absolute Gasteiger partial charge is 0.398 e. The van der Waals surface area contributed by atoms with Gasteiger partial charge < -0.3 is 10.6 Å². The summed E-state index contributed by atoms with van der Waals surface area (Å²) in [5.41, 5.74) is 5.03. The van der Waals surface area contributed by atoms with Crippen LogP contribution in [0.15, 0.2) is 112 Å². The monoisotopic (exact) mass is 915 g/mol. The lowest BCUT2D eigenvalue weighted by atomic mass is 9.96. The summed E-state index contributed by atoms with van der Waals surface area (Å²) in [5, 5.41) is 0.622. The van der Waals surface area contributed by atoms with Crippen LogP contribution in [0.25, 0.3) is 11.1 Å². The number of unbranched alkanes of at least 4 members (excludes halogenated alkanes) is 1. The van der Waals surface area contributed by atoms with Crippen molar-refractivity contribution < 1.29 is 26.0 Å². The Hall–Kier alpha value is -3.90. The Morgan fingerprint density at radius 3 is 2.38 bits per heavy atom. The van der Waals surface area contributed by atoms with Crippen molar-refractivity contribution in [1.29, 1.82) is 0 Å². The van der Waals surface area contributed by atoms with Crippen molar-refractivity contribution in [2.75, 3.05) is 56.5 Å². The molecule has 2 aliphatic heterocycles. The summed E-state index contributed by atoms with van der Waals surface area (Å²) < 4.78 is 81.9. The minimum absolute atomic E-state index is 0.113. The molecule has 9 nitrogen and oxygen atoms in total. The highest BCUT2D eigenvalue weighted by molar-refractivity contribution is 8.00. The van der Waals surface area contributed by atoms with Gasteiger partial charge in [0.25, 0.3) is 10.0 Å². The molecule has 1 aromatic heterocycles. The fourth-order valence-electron chi connectivity index (χ4n) is 7.36. The zero-order chi connectivity index (χ0) is 43.6. The van der Waals surface area contributed by atoms with Crippen molar-refractivity contribution in [3.63, 3.8) is 0 Å². The number of benzene rings is 4. The van der Waals surface area contributed by atoms with E-state index in [1.165, 1.54) is 42.4 Å². The van der Waals surface area contributed by atoms with Gasteiger partial charge in [0.15, 0.2) is 0 Å². The lowest BCUT2D eigenvalue weighted by Gasteiger charge is -2.40. The number of nitrogens with one attached hydrogen (secondary N) is 1. The first-order chi connectivity index (χ1) is 29.1. The Kier molecular flexibility index (Phi) is 16.4. The van der Waals surface area contributed by atoms with Crippen molar-refractivity contribution >= 4 is 56.7 Å². The van der Waals surface area contributed by atoms with Crippen molar-refractivity contribution in [3.05, 3.63) is 125 Å². The number of thioether (sulfide) groups is 2. The highest BCUT2D eigenvalue weighted by Gasteiger charge is 2.33. The predicted molar refractivity (Wildman–Crippen MR) is 240 cm³/mol. The van der Waals surface area contributed by atoms with E-state index in [-0.39, 0.29) is 22.2 Å². The molecule has 0 amide bonds. The topological polar surface area (TPSA) is 108 Å². The molecule has 7 rings (SSSR count). The second-order valence-corrected chi connectivity index (χ2v) is 19.6. The summed E-state index contributed by atoms with van der Waals surface area (Å²) >= 11 is 7.55. The summed E-state index contributed by atoms with van der Waals surface area (Å²) in [6.07, 6.45) is 6.24. The lowest BCUT2D eigenvalue weighted by Crippen LogP contribution is -2.46. The number of nitrogen functional groups attached to an aromatic ring is 1. The molecule has 3 heterocycles. The van der Waals surface area contributed by atoms with E-state index in [0.29, 0.717) is 48.4 Å². The van der Waals surface area contributed by atoms with E-state index in [1.54, 1.807) is 18.2 Å². The number of nitrogens with two attached hydrogens (primary N) is 1. The standard InChI is InChI=1S/C32H31ClF4N6O2S2.C12H19NS/c33-22-4-1-20(2-5-22)27-15-23(34)6-3-21(27)17-42-12-9-24(10-13-42)43-14-11-26-29(18-43)39-19-40-31(26)41-47(44,45)25-7-8-28(38)30(16-25)46-32(35,36)37;1-13(2)10-6-7-11-14-12-8-4-3-5-9-12/h1-8,15-16,19,24H,9-14,17-18,38H2,(H,39,40,41);3-5,8-9H,6-7,10-11H2,1-2H3. The molecule has 326 valence electrons. The van der Waals surface area contributed by atoms with Gasteiger partial charge in [-0.05, 0) is 155 Å². The van der Waals surface area contributed by atoms with Crippen LogP contribution in [-0.4, -0.2) is 90.7 Å². The van der Waals surface area contributed by atoms with Crippen LogP contribution in [-0.2, 0) is 29.5 Å². The molecule has 4 aromatic carbocycles. The van der Waals surface area contributed by atoms with Gasteiger partial charge in [-0.25, -0.2) is 22.8 Å². The summed E-state index contributed by atoms with van der Waals surface area (Å²) in [6.45, 7) is 4.80. The number of hydrogen-bond donors (Lipinski definition) is 2. The minimum atomic E-state index is -4.62. The lowest BCUT2D eigenvalue weighted by molar-refractivity contribution is -0.0328. The quantitative estimate of drug-likeness (QED) is 0.0484. The van der Waals surface area contributed by atoms with Crippen LogP contribution >= 0.6 is 35.1 Å². The summed E-state index contributed by atoms with van der Waals surface area (Å²) in [5.74, 6) is 1.06. The molecule has 17 heteroatoms. The summed E-state index contributed by atoms with van der Waals surface area (Å²) in [7, 11) is 0.00333. The van der Waals surface area contributed by atoms with Gasteiger partial charge in [-0.15, -0.1) is 11.8 Å². The number of anilines is 2. The average Bonchev–Trinajstić information content (AvgIpc) is 3.22. The molecule has 0 bridgehead atoms. The maximum Gasteiger partial charge on any atom is 0.446 e. The highest BCUT2D eigenvalue weighted by atomic mass is 35.5. The van der Waals surface area contributed by atoms with E-state index >= 15 is 0 Å². The van der Waals surface area contributed by atoms with Gasteiger partial charge in [0, 0.05) is 51.7 Å². The number of alkyl halides is 3. The molecule has 0 aliphatic carbocycles. The Labute approximate surface area is 369 Å². The maximum atomic E-state index is 14.2. The van der Waals surface area contributed by atoms with Gasteiger partial charge in [0.05, 0.1) is 10.6 Å². The van der Waals surface area contributed by atoms with Crippen LogP contribution in [0.1, 0.15) is 42.5 Å². The van der Waals surface area contributed by atoms with Crippen molar-refractivity contribution in [2.45, 2.75) is 71.4 Å². The molecular formula is C44H50ClF4N7O2S3. The maximum absolute atomic E-state index is 14.2. The van der Waals surface area contributed by atoms with Crippen LogP contribution < -0.4 is 10.5 Å². The molecule has 61 heavy (non-hydrogen) atoms. The Bertz CT molecular complexity index is 2320. The molecule has 0 spiro atoms. The third-order valence-corrected chi connectivity index (χ3v) is 14.0. The first-order valence-electron chi connectivity index (χ1n) is 20.0. The Morgan fingerprint density at radius 1 is 0.934 bits per heavy atom. The number of rotatable bonds is 14. The Balaban J connectivity index is 0.000000378. The van der Waals surface area contributed by atoms with Gasteiger partial charge in [0.2, 0.25) is 0 Å². The molecule has 2 aliphatic rings. The van der Waals surface area contributed by atoms with Crippen LogP contribution in [0.4, 0.5) is 29.1 Å². The van der Waals surface area contributed by atoms with Gasteiger partial charge in [-0.1, -0.05) is 48.0 Å². The number of halogens is 5. The third-order valence-electron chi connectivity index (χ3n) is 10.5. The van der Waals surface area contributed by atoms with Crippen LogP contribution in [0.2, 0.25) is 5.02 Å². The van der Waals surface area contributed by atoms with Crippen LogP contribution in [0.5, 0.6) is 0 Å². The second-order valence-electron chi connectivity index (χ2n) is 15.2. The molecule has 1 saturated heterocycles. The Morgan fingerprint density at radius 2 is 1.67 bits per heavy atom. The first kappa shape index (κ1) is 46.6. The molecule has 5 aromatic rings. The molecule has 0 radical (unpaired) electrons. The van der Waals surface area contributed by atoms with Gasteiger partial charge in [0.1, 0.15) is 18.0 Å². The average molecular weight is 917 g/mol. The van der Waals surface area contributed by atoms with Gasteiger partial charge in [-0.3, -0.25) is 14.5 Å². The molecule has 3 N–H and O–H groups in total. The number of likely N-dealkylation sites (tertiary alicyclic amines) is 1. The zero-order valence-electron chi connectivity index (χ0n) is 34.0. The number of hydrogen-bond acceptors (Lipinski definition) is 10. The highest BCUT2D eigenvalue weighted by Crippen LogP contribution is 2.41. The van der Waals surface area contributed by atoms with E-state index in [0.717, 1.165) is 60.8 Å². The number of fused-ring (bicyclic) bond motifs is 1. The van der Waals surface area contributed by atoms with Gasteiger partial charge in [-0.2, -0.15) is 13.2 Å². The van der Waals surface area contributed by atoms with E-state index in [1.807, 2.05) is 30.0 Å². The number of nitrogens with zero attached hydrogens (tertiary/aromatic N) is 5. The van der Waals surface area contributed by atoms with E-state index < -0.39 is 32.2 Å². The molecule has 0 atom stereocenters. The SMILES string of the molecule is CN(C)CCCCSc1ccccc1.Nc1ccc(S(=O)(=O)Nc2ncnc3c2CCN(C2CCN(Cc4ccc(F)cc4-c4ccc(Cl)cc4)CC2)C3)cc1SC(F)(F)F. The van der Waals surface area contributed by atoms with E-state index in [4.69, 9.17) is 17.3 Å². The third kappa shape index (κ3) is 13.8. The summed E-state index contributed by atoms with van der Waals surface area (Å²) in [6, 6.07) is 26.4. The fraction of sp³-hybridized carbons (Fsp3) is 0.364. The van der Waals surface area contributed by atoms with E-state index in [2.05, 4.69) is 73.8 Å². The fourth-order valence-corrected chi connectivity index (χ4v) is 10.2. The predicted octanol–water partition coefficient (Wildman–Crippen LogP) is 10.1. The number of aromatic nitrogens is 2. The van der Waals surface area contributed by atoms with Crippen LogP contribution in [0, 0.1) is 5.82 Å². The number of sulfonamides is 1. The molecular weight excluding hydrogens is 866 g/mol. The number of piperidine rings is 1. The second kappa shape index (κ2) is 21.5. The largest absolute Gasteiger partial charge is 0.446 e. The first-order valence-corrected chi connectivity index (χ1v) is 23.6. The van der Waals surface area contributed by atoms with Crippen molar-refractivity contribution in [3.8, 4) is 11.1 Å². The van der Waals surface area contributed by atoms with Gasteiger partial charge >= 0.3 is 5.51 Å². The minimum Gasteiger partial charge on any atom is -0.398 e. The van der Waals surface area contributed by atoms with Crippen molar-refractivity contribution in [1.82, 2.24) is 24.7 Å². The molecule has 0 saturated carbocycles.